The second-order valence-electron chi connectivity index (χ2n) is 7.02. The molecule has 0 atom stereocenters. The number of carbonyl (C=O) groups excluding carboxylic acids is 3. The van der Waals surface area contributed by atoms with Gasteiger partial charge in [0.05, 0.1) is 15.6 Å². The number of ketones is 1. The third kappa shape index (κ3) is 6.48. The molecule has 0 spiro atoms. The number of thiophene rings is 1. The van der Waals surface area contributed by atoms with Crippen LogP contribution in [-0.4, -0.2) is 30.8 Å². The summed E-state index contributed by atoms with van der Waals surface area (Å²) >= 11 is 6.90. The van der Waals surface area contributed by atoms with Crippen molar-refractivity contribution in [2.45, 2.75) is 32.6 Å². The highest BCUT2D eigenvalue weighted by molar-refractivity contribution is 7.18. The van der Waals surface area contributed by atoms with E-state index in [2.05, 4.69) is 26.1 Å². The third-order valence-corrected chi connectivity index (χ3v) is 5.11. The minimum atomic E-state index is -0.547. The molecule has 5 nitrogen and oxygen atoms in total. The van der Waals surface area contributed by atoms with Crippen LogP contribution in [0.15, 0.2) is 36.4 Å². The fourth-order valence-electron chi connectivity index (χ4n) is 2.26. The predicted molar refractivity (Wildman–Crippen MR) is 107 cm³/mol. The monoisotopic (exact) mass is 407 g/mol. The van der Waals surface area contributed by atoms with E-state index in [0.29, 0.717) is 14.8 Å². The highest BCUT2D eigenvalue weighted by Gasteiger charge is 2.15. The molecule has 0 saturated carbocycles. The lowest BCUT2D eigenvalue weighted by Gasteiger charge is -2.19. The molecule has 0 fully saturated rings. The number of amides is 1. The standard InChI is InChI=1S/C20H22ClNO4S/c1-20(2,3)14-6-4-13(5-7-14)19(25)22-11-10-18(24)26-12-15(23)16-8-9-17(21)27-16/h4-9H,10-12H2,1-3H3,(H,22,25). The number of esters is 1. The van der Waals surface area contributed by atoms with Gasteiger partial charge in [-0.3, -0.25) is 14.4 Å². The zero-order valence-electron chi connectivity index (χ0n) is 15.5. The Labute approximate surface area is 167 Å². The molecule has 0 aliphatic carbocycles. The molecule has 7 heteroatoms. The molecule has 2 aromatic rings. The van der Waals surface area contributed by atoms with Gasteiger partial charge < -0.3 is 10.1 Å². The number of nitrogens with one attached hydrogen (secondary N) is 1. The number of carbonyl (C=O) groups is 3. The summed E-state index contributed by atoms with van der Waals surface area (Å²) in [7, 11) is 0. The van der Waals surface area contributed by atoms with Crippen molar-refractivity contribution in [3.05, 3.63) is 56.7 Å². The maximum absolute atomic E-state index is 12.1. The maximum atomic E-state index is 12.1. The molecule has 1 N–H and O–H groups in total. The summed E-state index contributed by atoms with van der Waals surface area (Å²) in [4.78, 5) is 36.1. The van der Waals surface area contributed by atoms with Crippen LogP contribution in [0.3, 0.4) is 0 Å². The Hall–Kier alpha value is -2.18. The Morgan fingerprint density at radius 2 is 1.74 bits per heavy atom. The summed E-state index contributed by atoms with van der Waals surface area (Å²) < 4.78 is 5.43. The number of hydrogen-bond donors (Lipinski definition) is 1. The van der Waals surface area contributed by atoms with Crippen LogP contribution in [0.4, 0.5) is 0 Å². The quantitative estimate of drug-likeness (QED) is 0.550. The molecule has 0 unspecified atom stereocenters. The van der Waals surface area contributed by atoms with Crippen LogP contribution in [0.5, 0.6) is 0 Å². The summed E-state index contributed by atoms with van der Waals surface area (Å²) in [5.74, 6) is -1.11. The molecule has 0 saturated heterocycles. The zero-order valence-corrected chi connectivity index (χ0v) is 17.1. The summed E-state index contributed by atoms with van der Waals surface area (Å²) in [6.07, 6.45) is -0.00963. The van der Waals surface area contributed by atoms with Gasteiger partial charge in [-0.2, -0.15) is 0 Å². The largest absolute Gasteiger partial charge is 0.457 e. The van der Waals surface area contributed by atoms with Crippen LogP contribution in [0, 0.1) is 0 Å². The molecule has 1 amide bonds. The van der Waals surface area contributed by atoms with Crippen molar-refractivity contribution in [1.29, 1.82) is 0 Å². The molecule has 0 aliphatic heterocycles. The van der Waals surface area contributed by atoms with Gasteiger partial charge in [0.15, 0.2) is 6.61 Å². The molecular weight excluding hydrogens is 386 g/mol. The van der Waals surface area contributed by atoms with Crippen molar-refractivity contribution in [1.82, 2.24) is 5.32 Å². The summed E-state index contributed by atoms with van der Waals surface area (Å²) in [6, 6.07) is 10.6. The Morgan fingerprint density at radius 1 is 1.07 bits per heavy atom. The highest BCUT2D eigenvalue weighted by Crippen LogP contribution is 2.22. The first-order chi connectivity index (χ1) is 12.7. The Balaban J connectivity index is 1.72. The minimum Gasteiger partial charge on any atom is -0.457 e. The van der Waals surface area contributed by atoms with E-state index in [4.69, 9.17) is 16.3 Å². The maximum Gasteiger partial charge on any atom is 0.308 e. The van der Waals surface area contributed by atoms with E-state index in [1.165, 1.54) is 0 Å². The molecule has 27 heavy (non-hydrogen) atoms. The fraction of sp³-hybridized carbons (Fsp3) is 0.350. The van der Waals surface area contributed by atoms with Gasteiger partial charge in [0.1, 0.15) is 0 Å². The Morgan fingerprint density at radius 3 is 2.30 bits per heavy atom. The smallest absolute Gasteiger partial charge is 0.308 e. The van der Waals surface area contributed by atoms with Crippen LogP contribution < -0.4 is 5.32 Å². The molecule has 0 aliphatic rings. The highest BCUT2D eigenvalue weighted by atomic mass is 35.5. The summed E-state index contributed by atoms with van der Waals surface area (Å²) in [5.41, 5.74) is 1.69. The third-order valence-electron chi connectivity index (χ3n) is 3.84. The average molecular weight is 408 g/mol. The molecule has 1 aromatic carbocycles. The number of halogens is 1. The van der Waals surface area contributed by atoms with Gasteiger partial charge in [0.25, 0.3) is 5.91 Å². The van der Waals surface area contributed by atoms with Crippen molar-refractivity contribution in [2.24, 2.45) is 0 Å². The Bertz CT molecular complexity index is 821. The van der Waals surface area contributed by atoms with Crippen LogP contribution in [0.2, 0.25) is 4.34 Å². The predicted octanol–water partition coefficient (Wildman–Crippen LogP) is 4.25. The van der Waals surface area contributed by atoms with Gasteiger partial charge in [0.2, 0.25) is 5.78 Å². The average Bonchev–Trinajstić information content (AvgIpc) is 3.05. The van der Waals surface area contributed by atoms with Crippen LogP contribution in [0.25, 0.3) is 0 Å². The van der Waals surface area contributed by atoms with E-state index >= 15 is 0 Å². The lowest BCUT2D eigenvalue weighted by molar-refractivity contribution is -0.142. The topological polar surface area (TPSA) is 72.5 Å². The fourth-order valence-corrected chi connectivity index (χ4v) is 3.22. The van der Waals surface area contributed by atoms with E-state index in [1.807, 2.05) is 12.1 Å². The SMILES string of the molecule is CC(C)(C)c1ccc(C(=O)NCCC(=O)OCC(=O)c2ccc(Cl)s2)cc1. The number of hydrogen-bond acceptors (Lipinski definition) is 5. The van der Waals surface area contributed by atoms with E-state index in [9.17, 15) is 14.4 Å². The normalized spacial score (nSPS) is 11.1. The summed E-state index contributed by atoms with van der Waals surface area (Å²) in [5, 5.41) is 2.67. The molecule has 0 radical (unpaired) electrons. The van der Waals surface area contributed by atoms with Crippen LogP contribution in [0.1, 0.15) is 52.8 Å². The van der Waals surface area contributed by atoms with E-state index < -0.39 is 5.97 Å². The van der Waals surface area contributed by atoms with Gasteiger partial charge >= 0.3 is 5.97 Å². The van der Waals surface area contributed by atoms with Gasteiger partial charge in [-0.15, -0.1) is 11.3 Å². The second-order valence-corrected chi connectivity index (χ2v) is 8.74. The van der Waals surface area contributed by atoms with Crippen molar-refractivity contribution in [3.63, 3.8) is 0 Å². The number of rotatable bonds is 7. The van der Waals surface area contributed by atoms with Crippen LogP contribution >= 0.6 is 22.9 Å². The molecule has 144 valence electrons. The molecule has 1 heterocycles. The van der Waals surface area contributed by atoms with E-state index in [1.54, 1.807) is 24.3 Å². The van der Waals surface area contributed by atoms with Gasteiger partial charge in [-0.25, -0.2) is 0 Å². The van der Waals surface area contributed by atoms with Gasteiger partial charge in [-0.05, 0) is 35.2 Å². The lowest BCUT2D eigenvalue weighted by atomic mass is 9.87. The second kappa shape index (κ2) is 9.15. The van der Waals surface area contributed by atoms with Crippen molar-refractivity contribution >= 4 is 40.6 Å². The van der Waals surface area contributed by atoms with E-state index in [-0.39, 0.29) is 36.7 Å². The lowest BCUT2D eigenvalue weighted by Crippen LogP contribution is -2.27. The Kier molecular flexibility index (Phi) is 7.16. The zero-order chi connectivity index (χ0) is 20.0. The first-order valence-corrected chi connectivity index (χ1v) is 9.69. The van der Waals surface area contributed by atoms with Gasteiger partial charge in [0, 0.05) is 12.1 Å². The minimum absolute atomic E-state index is 0.00963. The molecule has 0 bridgehead atoms. The first-order valence-electron chi connectivity index (χ1n) is 8.50. The van der Waals surface area contributed by atoms with Crippen molar-refractivity contribution in [2.75, 3.05) is 13.2 Å². The van der Waals surface area contributed by atoms with Crippen LogP contribution in [-0.2, 0) is 14.9 Å². The van der Waals surface area contributed by atoms with Crippen molar-refractivity contribution in [3.8, 4) is 0 Å². The van der Waals surface area contributed by atoms with E-state index in [0.717, 1.165) is 16.9 Å². The molecular formula is C20H22ClNO4S. The summed E-state index contributed by atoms with van der Waals surface area (Å²) in [6.45, 7) is 6.11. The van der Waals surface area contributed by atoms with Crippen molar-refractivity contribution < 1.29 is 19.1 Å². The molecule has 1 aromatic heterocycles. The number of ether oxygens (including phenoxy) is 1. The molecule has 2 rings (SSSR count). The number of Topliss-reactive ketones (excluding diaryl/α,β-unsaturated/α-hetero) is 1. The van der Waals surface area contributed by atoms with Gasteiger partial charge in [-0.1, -0.05) is 44.5 Å². The first kappa shape index (κ1) is 21.1. The number of benzene rings is 1.